The molecule has 2 heterocycles. The second-order valence-corrected chi connectivity index (χ2v) is 5.51. The molecule has 0 bridgehead atoms. The van der Waals surface area contributed by atoms with Crippen LogP contribution in [0.2, 0.25) is 0 Å². The Bertz CT molecular complexity index is 623. The molecule has 2 rings (SSSR count). The third kappa shape index (κ3) is 3.91. The van der Waals surface area contributed by atoms with E-state index < -0.39 is 6.10 Å². The fourth-order valence-electron chi connectivity index (χ4n) is 1.71. The first-order valence-corrected chi connectivity index (χ1v) is 7.32. The lowest BCUT2D eigenvalue weighted by atomic mass is 10.2. The molecule has 0 spiro atoms. The SMILES string of the molecule is CCCc1cc(=O)[nH]c(Sc2ccc([C@H](C)O)cn2)n1. The standard InChI is InChI=1S/C14H17N3O2S/c1-3-4-11-7-12(19)17-14(16-11)20-13-6-5-10(8-15-13)9(2)18/h5-9,18H,3-4H2,1-2H3,(H,16,17,19)/t9-/m0/s1. The van der Waals surface area contributed by atoms with Gasteiger partial charge in [0.25, 0.3) is 5.56 Å². The van der Waals surface area contributed by atoms with Crippen molar-refractivity contribution < 1.29 is 5.11 Å². The minimum atomic E-state index is -0.535. The summed E-state index contributed by atoms with van der Waals surface area (Å²) >= 11 is 1.30. The fraction of sp³-hybridized carbons (Fsp3) is 0.357. The third-order valence-corrected chi connectivity index (χ3v) is 3.56. The van der Waals surface area contributed by atoms with Crippen molar-refractivity contribution in [3.05, 3.63) is 46.0 Å². The lowest BCUT2D eigenvalue weighted by Crippen LogP contribution is -2.09. The van der Waals surface area contributed by atoms with Crippen LogP contribution < -0.4 is 5.56 Å². The molecule has 0 fully saturated rings. The number of aromatic nitrogens is 3. The summed E-state index contributed by atoms with van der Waals surface area (Å²) in [5, 5.41) is 10.7. The number of pyridine rings is 1. The van der Waals surface area contributed by atoms with Crippen LogP contribution in [0.5, 0.6) is 0 Å². The van der Waals surface area contributed by atoms with E-state index in [-0.39, 0.29) is 5.56 Å². The second kappa shape index (κ2) is 6.67. The molecule has 20 heavy (non-hydrogen) atoms. The molecule has 0 saturated heterocycles. The van der Waals surface area contributed by atoms with Crippen LogP contribution in [-0.4, -0.2) is 20.1 Å². The molecule has 0 amide bonds. The quantitative estimate of drug-likeness (QED) is 0.827. The van der Waals surface area contributed by atoms with E-state index in [2.05, 4.69) is 15.0 Å². The van der Waals surface area contributed by atoms with Crippen molar-refractivity contribution in [1.29, 1.82) is 0 Å². The predicted molar refractivity (Wildman–Crippen MR) is 77.8 cm³/mol. The highest BCUT2D eigenvalue weighted by molar-refractivity contribution is 7.99. The van der Waals surface area contributed by atoms with Crippen molar-refractivity contribution in [2.45, 2.75) is 43.0 Å². The summed E-state index contributed by atoms with van der Waals surface area (Å²) in [6, 6.07) is 5.14. The monoisotopic (exact) mass is 291 g/mol. The van der Waals surface area contributed by atoms with Gasteiger partial charge in [-0.2, -0.15) is 0 Å². The minimum Gasteiger partial charge on any atom is -0.389 e. The van der Waals surface area contributed by atoms with Gasteiger partial charge in [0.15, 0.2) is 5.16 Å². The third-order valence-electron chi connectivity index (χ3n) is 2.72. The summed E-state index contributed by atoms with van der Waals surface area (Å²) < 4.78 is 0. The van der Waals surface area contributed by atoms with Gasteiger partial charge in [0.2, 0.25) is 0 Å². The van der Waals surface area contributed by atoms with Crippen LogP contribution in [0, 0.1) is 0 Å². The molecule has 1 atom stereocenters. The van der Waals surface area contributed by atoms with Crippen molar-refractivity contribution in [3.8, 4) is 0 Å². The van der Waals surface area contributed by atoms with E-state index in [1.807, 2.05) is 13.0 Å². The number of hydrogen-bond donors (Lipinski definition) is 2. The molecule has 2 N–H and O–H groups in total. The number of hydrogen-bond acceptors (Lipinski definition) is 5. The molecular weight excluding hydrogens is 274 g/mol. The lowest BCUT2D eigenvalue weighted by Gasteiger charge is -2.05. The van der Waals surface area contributed by atoms with Crippen LogP contribution in [0.4, 0.5) is 0 Å². The van der Waals surface area contributed by atoms with E-state index >= 15 is 0 Å². The van der Waals surface area contributed by atoms with Gasteiger partial charge in [-0.25, -0.2) is 9.97 Å². The summed E-state index contributed by atoms with van der Waals surface area (Å²) in [6.45, 7) is 3.74. The Kier molecular flexibility index (Phi) is 4.92. The number of nitrogens with one attached hydrogen (secondary N) is 1. The molecule has 5 nitrogen and oxygen atoms in total. The summed E-state index contributed by atoms with van der Waals surface area (Å²) in [7, 11) is 0. The minimum absolute atomic E-state index is 0.147. The van der Waals surface area contributed by atoms with E-state index in [0.717, 1.165) is 29.1 Å². The van der Waals surface area contributed by atoms with Crippen molar-refractivity contribution in [3.63, 3.8) is 0 Å². The Hall–Kier alpha value is -1.66. The Morgan fingerprint density at radius 3 is 2.85 bits per heavy atom. The number of aromatic amines is 1. The second-order valence-electron chi connectivity index (χ2n) is 4.50. The number of aliphatic hydroxyl groups excluding tert-OH is 1. The summed E-state index contributed by atoms with van der Waals surface area (Å²) in [5.74, 6) is 0. The molecule has 0 radical (unpaired) electrons. The molecule has 106 valence electrons. The van der Waals surface area contributed by atoms with Crippen molar-refractivity contribution in [2.75, 3.05) is 0 Å². The van der Waals surface area contributed by atoms with Crippen LogP contribution in [0.15, 0.2) is 39.4 Å². The Morgan fingerprint density at radius 2 is 2.25 bits per heavy atom. The molecule has 2 aromatic rings. The Morgan fingerprint density at radius 1 is 1.45 bits per heavy atom. The maximum Gasteiger partial charge on any atom is 0.251 e. The number of nitrogens with zero attached hydrogens (tertiary/aromatic N) is 2. The zero-order chi connectivity index (χ0) is 14.5. The molecule has 0 aliphatic rings. The van der Waals surface area contributed by atoms with E-state index in [0.29, 0.717) is 5.16 Å². The fourth-order valence-corrected chi connectivity index (χ4v) is 2.47. The van der Waals surface area contributed by atoms with Gasteiger partial charge in [0.05, 0.1) is 6.10 Å². The van der Waals surface area contributed by atoms with Crippen LogP contribution >= 0.6 is 11.8 Å². The van der Waals surface area contributed by atoms with Crippen molar-refractivity contribution in [1.82, 2.24) is 15.0 Å². The largest absolute Gasteiger partial charge is 0.389 e. The topological polar surface area (TPSA) is 78.9 Å². The van der Waals surface area contributed by atoms with E-state index in [1.54, 1.807) is 19.2 Å². The summed E-state index contributed by atoms with van der Waals surface area (Å²) in [5.41, 5.74) is 1.40. The van der Waals surface area contributed by atoms with Crippen molar-refractivity contribution >= 4 is 11.8 Å². The van der Waals surface area contributed by atoms with Gasteiger partial charge >= 0.3 is 0 Å². The lowest BCUT2D eigenvalue weighted by molar-refractivity contribution is 0.198. The number of aryl methyl sites for hydroxylation is 1. The summed E-state index contributed by atoms with van der Waals surface area (Å²) in [4.78, 5) is 22.9. The Labute approximate surface area is 121 Å². The van der Waals surface area contributed by atoms with Gasteiger partial charge in [0.1, 0.15) is 5.03 Å². The number of H-pyrrole nitrogens is 1. The zero-order valence-corrected chi connectivity index (χ0v) is 12.3. The maximum absolute atomic E-state index is 11.6. The highest BCUT2D eigenvalue weighted by atomic mass is 32.2. The molecule has 2 aromatic heterocycles. The van der Waals surface area contributed by atoms with Gasteiger partial charge in [0, 0.05) is 18.0 Å². The zero-order valence-electron chi connectivity index (χ0n) is 11.5. The molecule has 0 unspecified atom stereocenters. The predicted octanol–water partition coefficient (Wildman–Crippen LogP) is 2.32. The Balaban J connectivity index is 2.18. The average molecular weight is 291 g/mol. The number of rotatable bonds is 5. The van der Waals surface area contributed by atoms with Gasteiger partial charge < -0.3 is 10.1 Å². The molecular formula is C14H17N3O2S. The number of aliphatic hydroxyl groups is 1. The first-order chi connectivity index (χ1) is 9.58. The van der Waals surface area contributed by atoms with Gasteiger partial charge in [-0.05, 0) is 36.7 Å². The van der Waals surface area contributed by atoms with E-state index in [9.17, 15) is 9.90 Å². The van der Waals surface area contributed by atoms with Crippen LogP contribution in [-0.2, 0) is 6.42 Å². The van der Waals surface area contributed by atoms with Crippen LogP contribution in [0.3, 0.4) is 0 Å². The molecule has 0 aromatic carbocycles. The first-order valence-electron chi connectivity index (χ1n) is 6.50. The molecule has 6 heteroatoms. The average Bonchev–Trinajstić information content (AvgIpc) is 2.39. The van der Waals surface area contributed by atoms with E-state index in [4.69, 9.17) is 0 Å². The highest BCUT2D eigenvalue weighted by Gasteiger charge is 2.06. The van der Waals surface area contributed by atoms with Gasteiger partial charge in [-0.15, -0.1) is 0 Å². The van der Waals surface area contributed by atoms with Gasteiger partial charge in [-0.1, -0.05) is 19.4 Å². The van der Waals surface area contributed by atoms with E-state index in [1.165, 1.54) is 17.8 Å². The molecule has 0 aliphatic carbocycles. The molecule has 0 aliphatic heterocycles. The first kappa shape index (κ1) is 14.7. The smallest absolute Gasteiger partial charge is 0.251 e. The van der Waals surface area contributed by atoms with Gasteiger partial charge in [-0.3, -0.25) is 4.79 Å². The van der Waals surface area contributed by atoms with Crippen LogP contribution in [0.25, 0.3) is 0 Å². The normalized spacial score (nSPS) is 12.3. The summed E-state index contributed by atoms with van der Waals surface area (Å²) in [6.07, 6.45) is 2.82. The highest BCUT2D eigenvalue weighted by Crippen LogP contribution is 2.23. The van der Waals surface area contributed by atoms with Crippen molar-refractivity contribution in [2.24, 2.45) is 0 Å². The maximum atomic E-state index is 11.6. The molecule has 0 saturated carbocycles. The van der Waals surface area contributed by atoms with Crippen LogP contribution in [0.1, 0.15) is 37.6 Å².